The monoisotopic (exact) mass is 285 g/mol. The summed E-state index contributed by atoms with van der Waals surface area (Å²) in [7, 11) is -3.57. The summed E-state index contributed by atoms with van der Waals surface area (Å²) < 4.78 is 27.5. The van der Waals surface area contributed by atoms with Crippen molar-refractivity contribution >= 4 is 10.0 Å². The molecule has 0 amide bonds. The third kappa shape index (κ3) is 4.03. The van der Waals surface area contributed by atoms with Crippen LogP contribution >= 0.6 is 0 Å². The Bertz CT molecular complexity index is 544. The maximum Gasteiger partial charge on any atom is 0.241 e. The van der Waals surface area contributed by atoms with Crippen LogP contribution in [0.25, 0.3) is 0 Å². The lowest BCUT2D eigenvalue weighted by atomic mass is 9.89. The summed E-state index contributed by atoms with van der Waals surface area (Å²) >= 11 is 0. The Kier molecular flexibility index (Phi) is 4.76. The number of aryl methyl sites for hydroxylation is 1. The highest BCUT2D eigenvalue weighted by atomic mass is 32.2. The first-order valence-corrected chi connectivity index (χ1v) is 7.79. The van der Waals surface area contributed by atoms with E-state index in [1.165, 1.54) is 6.07 Å². The van der Waals surface area contributed by atoms with E-state index in [0.717, 1.165) is 0 Å². The summed E-state index contributed by atoms with van der Waals surface area (Å²) in [5, 5.41) is 9.11. The molecule has 1 aromatic rings. The second-order valence-corrected chi connectivity index (χ2v) is 7.65. The van der Waals surface area contributed by atoms with E-state index in [0.29, 0.717) is 11.1 Å². The second-order valence-electron chi connectivity index (χ2n) is 5.97. The summed E-state index contributed by atoms with van der Waals surface area (Å²) in [5.41, 5.74) is 1.11. The van der Waals surface area contributed by atoms with E-state index in [-0.39, 0.29) is 23.0 Å². The van der Waals surface area contributed by atoms with Crippen molar-refractivity contribution in [1.82, 2.24) is 4.72 Å². The van der Waals surface area contributed by atoms with Crippen LogP contribution in [0.1, 0.15) is 38.8 Å². The van der Waals surface area contributed by atoms with Gasteiger partial charge in [0.2, 0.25) is 10.0 Å². The molecule has 0 aliphatic carbocycles. The molecule has 1 atom stereocenters. The number of aliphatic hydroxyl groups is 1. The van der Waals surface area contributed by atoms with Crippen molar-refractivity contribution in [2.24, 2.45) is 5.41 Å². The lowest BCUT2D eigenvalue weighted by Gasteiger charge is -2.28. The number of benzene rings is 1. The molecular weight excluding hydrogens is 262 g/mol. The molecule has 4 nitrogen and oxygen atoms in total. The van der Waals surface area contributed by atoms with E-state index in [1.54, 1.807) is 19.1 Å². The van der Waals surface area contributed by atoms with Crippen molar-refractivity contribution in [3.63, 3.8) is 0 Å². The van der Waals surface area contributed by atoms with Gasteiger partial charge in [0, 0.05) is 6.04 Å². The topological polar surface area (TPSA) is 66.4 Å². The minimum absolute atomic E-state index is 0.157. The molecule has 0 bridgehead atoms. The summed E-state index contributed by atoms with van der Waals surface area (Å²) in [5.74, 6) is 0. The Labute approximate surface area is 115 Å². The maximum atomic E-state index is 12.4. The van der Waals surface area contributed by atoms with Crippen molar-refractivity contribution in [1.29, 1.82) is 0 Å². The minimum Gasteiger partial charge on any atom is -0.392 e. The van der Waals surface area contributed by atoms with Crippen LogP contribution in [-0.2, 0) is 16.6 Å². The van der Waals surface area contributed by atoms with Gasteiger partial charge in [-0.1, -0.05) is 32.9 Å². The van der Waals surface area contributed by atoms with Crippen LogP contribution in [0.15, 0.2) is 23.1 Å². The number of aliphatic hydroxyl groups excluding tert-OH is 1. The van der Waals surface area contributed by atoms with Gasteiger partial charge >= 0.3 is 0 Å². The largest absolute Gasteiger partial charge is 0.392 e. The van der Waals surface area contributed by atoms with Crippen LogP contribution in [0.2, 0.25) is 0 Å². The molecule has 1 rings (SSSR count). The average molecular weight is 285 g/mol. The zero-order valence-corrected chi connectivity index (χ0v) is 13.0. The lowest BCUT2D eigenvalue weighted by Crippen LogP contribution is -2.41. The quantitative estimate of drug-likeness (QED) is 0.891. The lowest BCUT2D eigenvalue weighted by molar-refractivity contribution is 0.281. The molecule has 2 N–H and O–H groups in total. The normalized spacial score (nSPS) is 14.4. The fourth-order valence-electron chi connectivity index (χ4n) is 1.51. The van der Waals surface area contributed by atoms with E-state index in [1.807, 2.05) is 27.7 Å². The highest BCUT2D eigenvalue weighted by molar-refractivity contribution is 7.89. The molecule has 0 aliphatic heterocycles. The van der Waals surface area contributed by atoms with E-state index < -0.39 is 10.0 Å². The van der Waals surface area contributed by atoms with Gasteiger partial charge in [-0.15, -0.1) is 0 Å². The molecule has 108 valence electrons. The van der Waals surface area contributed by atoms with E-state index in [4.69, 9.17) is 5.11 Å². The number of nitrogens with one attached hydrogen (secondary N) is 1. The third-order valence-electron chi connectivity index (χ3n) is 3.36. The zero-order valence-electron chi connectivity index (χ0n) is 12.2. The molecule has 0 aromatic heterocycles. The van der Waals surface area contributed by atoms with Crippen LogP contribution < -0.4 is 4.72 Å². The molecule has 0 spiro atoms. The highest BCUT2D eigenvalue weighted by Crippen LogP contribution is 2.23. The molecule has 1 aromatic carbocycles. The average Bonchev–Trinajstić information content (AvgIpc) is 2.27. The fraction of sp³-hybridized carbons (Fsp3) is 0.571. The van der Waals surface area contributed by atoms with Crippen LogP contribution in [0.5, 0.6) is 0 Å². The van der Waals surface area contributed by atoms with Crippen molar-refractivity contribution < 1.29 is 13.5 Å². The second kappa shape index (κ2) is 5.61. The predicted octanol–water partition coefficient (Wildman–Crippen LogP) is 2.20. The minimum atomic E-state index is -3.57. The molecular formula is C14H23NO3S. The van der Waals surface area contributed by atoms with Crippen LogP contribution in [0.4, 0.5) is 0 Å². The molecule has 0 radical (unpaired) electrons. The van der Waals surface area contributed by atoms with Crippen molar-refractivity contribution in [2.45, 2.75) is 52.2 Å². The van der Waals surface area contributed by atoms with Crippen LogP contribution in [0.3, 0.4) is 0 Å². The molecule has 0 heterocycles. The fourth-order valence-corrected chi connectivity index (χ4v) is 3.25. The molecule has 1 unspecified atom stereocenters. The van der Waals surface area contributed by atoms with Crippen LogP contribution in [-0.4, -0.2) is 19.6 Å². The Morgan fingerprint density at radius 3 is 2.37 bits per heavy atom. The van der Waals surface area contributed by atoms with E-state index in [9.17, 15) is 8.42 Å². The molecule has 0 fully saturated rings. The van der Waals surface area contributed by atoms with Gasteiger partial charge in [-0.05, 0) is 36.5 Å². The van der Waals surface area contributed by atoms with Crippen molar-refractivity contribution in [3.05, 3.63) is 29.3 Å². The molecule has 5 heteroatoms. The summed E-state index contributed by atoms with van der Waals surface area (Å²) in [4.78, 5) is 0.232. The van der Waals surface area contributed by atoms with Crippen molar-refractivity contribution in [2.75, 3.05) is 0 Å². The smallest absolute Gasteiger partial charge is 0.241 e. The first-order chi connectivity index (χ1) is 8.58. The van der Waals surface area contributed by atoms with Crippen molar-refractivity contribution in [3.8, 4) is 0 Å². The molecule has 0 saturated carbocycles. The van der Waals surface area contributed by atoms with E-state index in [2.05, 4.69) is 4.72 Å². The summed E-state index contributed by atoms with van der Waals surface area (Å²) in [6.45, 7) is 9.38. The van der Waals surface area contributed by atoms with Gasteiger partial charge in [-0.2, -0.15) is 0 Å². The third-order valence-corrected chi connectivity index (χ3v) is 5.04. The van der Waals surface area contributed by atoms with Gasteiger partial charge in [-0.25, -0.2) is 13.1 Å². The zero-order chi connectivity index (χ0) is 14.8. The number of sulfonamides is 1. The van der Waals surface area contributed by atoms with Gasteiger partial charge in [0.15, 0.2) is 0 Å². The Balaban J connectivity index is 3.14. The first kappa shape index (κ1) is 16.1. The number of hydrogen-bond acceptors (Lipinski definition) is 3. The molecule has 19 heavy (non-hydrogen) atoms. The number of rotatable bonds is 4. The van der Waals surface area contributed by atoms with Gasteiger partial charge in [0.1, 0.15) is 0 Å². The Hall–Kier alpha value is -0.910. The van der Waals surface area contributed by atoms with Gasteiger partial charge in [0.05, 0.1) is 11.5 Å². The molecule has 0 aliphatic rings. The Morgan fingerprint density at radius 1 is 1.32 bits per heavy atom. The standard InChI is InChI=1S/C14H23NO3S/c1-10-6-7-12(9-16)8-13(10)19(17,18)15-11(2)14(3,4)5/h6-8,11,15-16H,9H2,1-5H3. The summed E-state index contributed by atoms with van der Waals surface area (Å²) in [6, 6.07) is 4.77. The number of hydrogen-bond donors (Lipinski definition) is 2. The predicted molar refractivity (Wildman–Crippen MR) is 76.3 cm³/mol. The SMILES string of the molecule is Cc1ccc(CO)cc1S(=O)(=O)NC(C)C(C)(C)C. The van der Waals surface area contributed by atoms with Gasteiger partial charge < -0.3 is 5.11 Å². The highest BCUT2D eigenvalue weighted by Gasteiger charge is 2.26. The molecule has 0 saturated heterocycles. The summed E-state index contributed by atoms with van der Waals surface area (Å²) in [6.07, 6.45) is 0. The van der Waals surface area contributed by atoms with Crippen LogP contribution in [0, 0.1) is 12.3 Å². The van der Waals surface area contributed by atoms with Gasteiger partial charge in [-0.3, -0.25) is 0 Å². The van der Waals surface area contributed by atoms with E-state index >= 15 is 0 Å². The first-order valence-electron chi connectivity index (χ1n) is 6.30. The maximum absolute atomic E-state index is 12.4. The Morgan fingerprint density at radius 2 is 1.89 bits per heavy atom. The van der Waals surface area contributed by atoms with Gasteiger partial charge in [0.25, 0.3) is 0 Å².